The molecular weight excluding hydrogens is 371 g/mol. The monoisotopic (exact) mass is 386 g/mol. The molecule has 19 heavy (non-hydrogen) atoms. The van der Waals surface area contributed by atoms with Crippen molar-refractivity contribution < 1.29 is 7.86 Å². The lowest BCUT2D eigenvalue weighted by Gasteiger charge is -1.94. The van der Waals surface area contributed by atoms with Gasteiger partial charge in [0.1, 0.15) is 5.75 Å². The predicted molar refractivity (Wildman–Crippen MR) is 89.5 cm³/mol. The molecule has 0 atom stereocenters. The van der Waals surface area contributed by atoms with Crippen LogP contribution in [0.15, 0.2) is 53.4 Å². The Hall–Kier alpha value is -1.01. The molecule has 2 aromatic rings. The van der Waals surface area contributed by atoms with Crippen molar-refractivity contribution in [1.29, 1.82) is 0 Å². The number of rotatable bonds is 2. The van der Waals surface area contributed by atoms with Crippen molar-refractivity contribution in [3.05, 3.63) is 59.7 Å². The Morgan fingerprint density at radius 1 is 1.05 bits per heavy atom. The topological polar surface area (TPSA) is 26.3 Å². The summed E-state index contributed by atoms with van der Waals surface area (Å²) >= 11 is 5.95. The van der Waals surface area contributed by atoms with Crippen LogP contribution < -0.4 is 3.07 Å². The molecule has 0 radical (unpaired) electrons. The second kappa shape index (κ2) is 8.22. The SMILES string of the molecule is CC(=O)c1ccc(S)cc1.Cc1ccc(OI)cc1. The molecule has 0 heterocycles. The van der Waals surface area contributed by atoms with Gasteiger partial charge in [-0.25, -0.2) is 0 Å². The van der Waals surface area contributed by atoms with Gasteiger partial charge in [-0.1, -0.05) is 29.8 Å². The lowest BCUT2D eigenvalue weighted by Crippen LogP contribution is -1.89. The highest BCUT2D eigenvalue weighted by atomic mass is 127. The highest BCUT2D eigenvalue weighted by molar-refractivity contribution is 14.1. The third-order valence-electron chi connectivity index (χ3n) is 2.38. The number of aryl methyl sites for hydroxylation is 1. The molecule has 0 spiro atoms. The van der Waals surface area contributed by atoms with Crippen LogP contribution in [0.1, 0.15) is 22.8 Å². The highest BCUT2D eigenvalue weighted by Gasteiger charge is 1.95. The summed E-state index contributed by atoms with van der Waals surface area (Å²) in [6, 6.07) is 15.1. The number of thiol groups is 1. The minimum atomic E-state index is 0.0910. The zero-order valence-corrected chi connectivity index (χ0v) is 13.8. The Kier molecular flexibility index (Phi) is 6.94. The average Bonchev–Trinajstić information content (AvgIpc) is 2.41. The van der Waals surface area contributed by atoms with E-state index in [1.165, 1.54) is 5.56 Å². The van der Waals surface area contributed by atoms with Crippen LogP contribution in [0.2, 0.25) is 0 Å². The van der Waals surface area contributed by atoms with Gasteiger partial charge in [-0.3, -0.25) is 4.79 Å². The normalized spacial score (nSPS) is 9.26. The van der Waals surface area contributed by atoms with Gasteiger partial charge in [0.2, 0.25) is 0 Å². The third kappa shape index (κ3) is 6.11. The summed E-state index contributed by atoms with van der Waals surface area (Å²) in [5, 5.41) is 0. The van der Waals surface area contributed by atoms with Gasteiger partial charge in [-0.2, -0.15) is 0 Å². The van der Waals surface area contributed by atoms with Crippen molar-refractivity contribution in [3.8, 4) is 5.75 Å². The molecule has 0 unspecified atom stereocenters. The van der Waals surface area contributed by atoms with Crippen LogP contribution in [-0.2, 0) is 0 Å². The van der Waals surface area contributed by atoms with Gasteiger partial charge in [0.05, 0.1) is 0 Å². The van der Waals surface area contributed by atoms with Gasteiger partial charge in [0.15, 0.2) is 28.8 Å². The standard InChI is InChI=1S/C8H8OS.C7H7IO/c1-6(9)7-2-4-8(10)5-3-7;1-6-2-4-7(9-8)5-3-6/h2-5,10H,1H3;2-5H,1H3. The predicted octanol–water partition coefficient (Wildman–Crippen LogP) is 4.90. The van der Waals surface area contributed by atoms with E-state index < -0.39 is 0 Å². The molecule has 0 aromatic heterocycles. The van der Waals surface area contributed by atoms with Crippen molar-refractivity contribution in [2.75, 3.05) is 0 Å². The van der Waals surface area contributed by atoms with E-state index >= 15 is 0 Å². The summed E-state index contributed by atoms with van der Waals surface area (Å²) in [5.74, 6) is 0.995. The minimum absolute atomic E-state index is 0.0910. The van der Waals surface area contributed by atoms with Crippen molar-refractivity contribution in [1.82, 2.24) is 0 Å². The quantitative estimate of drug-likeness (QED) is 0.451. The molecule has 2 aromatic carbocycles. The molecule has 0 aliphatic heterocycles. The molecule has 0 aliphatic rings. The molecule has 0 aliphatic carbocycles. The zero-order chi connectivity index (χ0) is 14.3. The Morgan fingerprint density at radius 2 is 1.58 bits per heavy atom. The van der Waals surface area contributed by atoms with E-state index in [1.54, 1.807) is 31.2 Å². The molecule has 0 saturated heterocycles. The molecule has 100 valence electrons. The van der Waals surface area contributed by atoms with Gasteiger partial charge < -0.3 is 3.07 Å². The number of carbonyl (C=O) groups is 1. The Labute approximate surface area is 133 Å². The van der Waals surface area contributed by atoms with Crippen molar-refractivity contribution >= 4 is 41.4 Å². The molecule has 2 nitrogen and oxygen atoms in total. The number of ketones is 1. The fourth-order valence-corrected chi connectivity index (χ4v) is 1.73. The van der Waals surface area contributed by atoms with Crippen LogP contribution in [0.5, 0.6) is 5.75 Å². The first-order chi connectivity index (χ1) is 9.02. The number of hydrogen-bond acceptors (Lipinski definition) is 3. The number of carbonyl (C=O) groups excluding carboxylic acids is 1. The molecule has 0 N–H and O–H groups in total. The maximum Gasteiger partial charge on any atom is 0.192 e. The number of Topliss-reactive ketones (excluding diaryl/α,β-unsaturated/α-hetero) is 1. The van der Waals surface area contributed by atoms with E-state index in [4.69, 9.17) is 3.07 Å². The minimum Gasteiger partial charge on any atom is -0.428 e. The largest absolute Gasteiger partial charge is 0.428 e. The first-order valence-corrected chi connectivity index (χ1v) is 7.01. The van der Waals surface area contributed by atoms with Crippen molar-refractivity contribution in [2.24, 2.45) is 0 Å². The third-order valence-corrected chi connectivity index (χ3v) is 3.19. The summed E-state index contributed by atoms with van der Waals surface area (Å²) in [6.07, 6.45) is 0. The maximum absolute atomic E-state index is 10.7. The fraction of sp³-hybridized carbons (Fsp3) is 0.133. The van der Waals surface area contributed by atoms with E-state index in [1.807, 2.05) is 47.3 Å². The van der Waals surface area contributed by atoms with E-state index in [0.717, 1.165) is 16.2 Å². The maximum atomic E-state index is 10.7. The summed E-state index contributed by atoms with van der Waals surface area (Å²) in [4.78, 5) is 11.6. The van der Waals surface area contributed by atoms with Gasteiger partial charge in [-0.15, -0.1) is 12.6 Å². The Bertz CT molecular complexity index is 521. The van der Waals surface area contributed by atoms with Gasteiger partial charge in [0.25, 0.3) is 0 Å². The zero-order valence-electron chi connectivity index (χ0n) is 10.8. The van der Waals surface area contributed by atoms with Crippen LogP contribution in [0, 0.1) is 6.92 Å². The molecule has 0 fully saturated rings. The number of benzene rings is 2. The summed E-state index contributed by atoms with van der Waals surface area (Å²) in [7, 11) is 0. The van der Waals surface area contributed by atoms with Crippen LogP contribution in [0.3, 0.4) is 0 Å². The van der Waals surface area contributed by atoms with E-state index in [-0.39, 0.29) is 5.78 Å². The van der Waals surface area contributed by atoms with Crippen LogP contribution in [0.25, 0.3) is 0 Å². The van der Waals surface area contributed by atoms with E-state index in [0.29, 0.717) is 0 Å². The van der Waals surface area contributed by atoms with Gasteiger partial charge >= 0.3 is 0 Å². The molecule has 0 saturated carbocycles. The van der Waals surface area contributed by atoms with E-state index in [9.17, 15) is 4.79 Å². The smallest absolute Gasteiger partial charge is 0.192 e. The first-order valence-electron chi connectivity index (χ1n) is 5.68. The van der Waals surface area contributed by atoms with E-state index in [2.05, 4.69) is 19.6 Å². The van der Waals surface area contributed by atoms with Crippen LogP contribution in [-0.4, -0.2) is 5.78 Å². The highest BCUT2D eigenvalue weighted by Crippen LogP contribution is 2.13. The molecule has 0 amide bonds. The Morgan fingerprint density at radius 3 is 2.00 bits per heavy atom. The van der Waals surface area contributed by atoms with Crippen LogP contribution >= 0.6 is 35.6 Å². The van der Waals surface area contributed by atoms with Crippen molar-refractivity contribution in [2.45, 2.75) is 18.7 Å². The summed E-state index contributed by atoms with van der Waals surface area (Å²) in [6.45, 7) is 3.60. The molecular formula is C15H15IO2S. The molecule has 0 bridgehead atoms. The summed E-state index contributed by atoms with van der Waals surface area (Å²) < 4.78 is 4.94. The van der Waals surface area contributed by atoms with Crippen molar-refractivity contribution in [3.63, 3.8) is 0 Å². The molecule has 2 rings (SSSR count). The van der Waals surface area contributed by atoms with Gasteiger partial charge in [0, 0.05) is 10.5 Å². The Balaban J connectivity index is 0.000000191. The van der Waals surface area contributed by atoms with Gasteiger partial charge in [-0.05, 0) is 38.1 Å². The summed E-state index contributed by atoms with van der Waals surface area (Å²) in [5.41, 5.74) is 1.99. The lowest BCUT2D eigenvalue weighted by atomic mass is 10.2. The van der Waals surface area contributed by atoms with Crippen LogP contribution in [0.4, 0.5) is 0 Å². The average molecular weight is 386 g/mol. The lowest BCUT2D eigenvalue weighted by molar-refractivity contribution is 0.101. The molecule has 4 heteroatoms. The second-order valence-electron chi connectivity index (χ2n) is 3.99. The second-order valence-corrected chi connectivity index (χ2v) is 4.95. The fourth-order valence-electron chi connectivity index (χ4n) is 1.29. The number of hydrogen-bond donors (Lipinski definition) is 1. The number of halogens is 1. The first kappa shape index (κ1) is 16.0.